The van der Waals surface area contributed by atoms with Crippen LogP contribution in [-0.4, -0.2) is 52.7 Å². The van der Waals surface area contributed by atoms with Gasteiger partial charge < -0.3 is 14.2 Å². The number of non-ortho nitro benzene ring substituents is 1. The van der Waals surface area contributed by atoms with Gasteiger partial charge in [0.1, 0.15) is 6.26 Å². The number of carbonyl (C=O) groups excluding carboxylic acids is 2. The zero-order chi connectivity index (χ0) is 17.1. The zero-order valence-electron chi connectivity index (χ0n) is 12.8. The van der Waals surface area contributed by atoms with Crippen molar-refractivity contribution < 1.29 is 18.9 Å². The summed E-state index contributed by atoms with van der Waals surface area (Å²) in [6, 6.07) is 7.13. The van der Waals surface area contributed by atoms with Gasteiger partial charge in [-0.25, -0.2) is 0 Å². The molecule has 24 heavy (non-hydrogen) atoms. The minimum atomic E-state index is -0.505. The molecule has 2 heterocycles. The second-order valence-corrected chi connectivity index (χ2v) is 5.40. The molecule has 0 aliphatic carbocycles. The van der Waals surface area contributed by atoms with Crippen LogP contribution in [-0.2, 0) is 0 Å². The third kappa shape index (κ3) is 3.12. The fourth-order valence-corrected chi connectivity index (χ4v) is 2.59. The first-order chi connectivity index (χ1) is 11.6. The first-order valence-corrected chi connectivity index (χ1v) is 7.41. The lowest BCUT2D eigenvalue weighted by atomic mass is 10.1. The Balaban J connectivity index is 1.60. The lowest BCUT2D eigenvalue weighted by molar-refractivity contribution is -0.384. The first-order valence-electron chi connectivity index (χ1n) is 7.41. The number of benzene rings is 1. The van der Waals surface area contributed by atoms with Crippen molar-refractivity contribution in [3.05, 3.63) is 64.1 Å². The van der Waals surface area contributed by atoms with Gasteiger partial charge in [-0.2, -0.15) is 0 Å². The van der Waals surface area contributed by atoms with E-state index < -0.39 is 4.92 Å². The maximum absolute atomic E-state index is 12.4. The van der Waals surface area contributed by atoms with Crippen LogP contribution in [0.3, 0.4) is 0 Å². The van der Waals surface area contributed by atoms with Crippen molar-refractivity contribution in [2.45, 2.75) is 0 Å². The Hall–Kier alpha value is -3.16. The molecule has 3 rings (SSSR count). The van der Waals surface area contributed by atoms with Crippen molar-refractivity contribution in [1.29, 1.82) is 0 Å². The monoisotopic (exact) mass is 329 g/mol. The summed E-state index contributed by atoms with van der Waals surface area (Å²) >= 11 is 0. The number of furan rings is 1. The number of hydrogen-bond donors (Lipinski definition) is 0. The molecule has 8 heteroatoms. The van der Waals surface area contributed by atoms with Gasteiger partial charge in [-0.15, -0.1) is 0 Å². The fraction of sp³-hybridized carbons (Fsp3) is 0.250. The van der Waals surface area contributed by atoms with E-state index in [-0.39, 0.29) is 17.5 Å². The average Bonchev–Trinajstić information content (AvgIpc) is 3.15. The van der Waals surface area contributed by atoms with E-state index in [2.05, 4.69) is 0 Å². The molecule has 0 saturated carbocycles. The lowest BCUT2D eigenvalue weighted by Crippen LogP contribution is -2.50. The van der Waals surface area contributed by atoms with Gasteiger partial charge >= 0.3 is 0 Å². The minimum Gasteiger partial charge on any atom is -0.472 e. The summed E-state index contributed by atoms with van der Waals surface area (Å²) in [4.78, 5) is 38.1. The number of rotatable bonds is 3. The Kier molecular flexibility index (Phi) is 4.28. The van der Waals surface area contributed by atoms with Crippen molar-refractivity contribution in [3.8, 4) is 0 Å². The van der Waals surface area contributed by atoms with Gasteiger partial charge in [-0.3, -0.25) is 19.7 Å². The molecule has 0 N–H and O–H groups in total. The van der Waals surface area contributed by atoms with E-state index in [1.165, 1.54) is 36.8 Å². The number of piperazine rings is 1. The molecule has 0 spiro atoms. The Morgan fingerprint density at radius 3 is 1.92 bits per heavy atom. The highest BCUT2D eigenvalue weighted by Gasteiger charge is 2.26. The molecular weight excluding hydrogens is 314 g/mol. The number of carbonyl (C=O) groups is 2. The van der Waals surface area contributed by atoms with Crippen LogP contribution in [0, 0.1) is 10.1 Å². The molecule has 0 bridgehead atoms. The van der Waals surface area contributed by atoms with Crippen molar-refractivity contribution in [2.75, 3.05) is 26.2 Å². The van der Waals surface area contributed by atoms with E-state index in [1.807, 2.05) is 0 Å². The molecule has 1 aliphatic heterocycles. The average molecular weight is 329 g/mol. The molecule has 0 unspecified atom stereocenters. The SMILES string of the molecule is O=C(c1ccc([N+](=O)[O-])cc1)N1CCN(C(=O)c2ccoc2)CC1. The zero-order valence-corrected chi connectivity index (χ0v) is 12.8. The third-order valence-electron chi connectivity index (χ3n) is 3.95. The van der Waals surface area contributed by atoms with Crippen LogP contribution in [0.15, 0.2) is 47.3 Å². The molecule has 1 fully saturated rings. The molecular formula is C16H15N3O5. The van der Waals surface area contributed by atoms with Gasteiger partial charge in [-0.1, -0.05) is 0 Å². The van der Waals surface area contributed by atoms with E-state index in [9.17, 15) is 19.7 Å². The largest absolute Gasteiger partial charge is 0.472 e. The van der Waals surface area contributed by atoms with E-state index in [0.29, 0.717) is 37.3 Å². The quantitative estimate of drug-likeness (QED) is 0.631. The normalized spacial score (nSPS) is 14.5. The summed E-state index contributed by atoms with van der Waals surface area (Å²) in [7, 11) is 0. The Bertz CT molecular complexity index is 747. The molecule has 2 aromatic rings. The Morgan fingerprint density at radius 1 is 0.917 bits per heavy atom. The Labute approximate surface area is 137 Å². The van der Waals surface area contributed by atoms with Crippen molar-refractivity contribution in [2.24, 2.45) is 0 Å². The van der Waals surface area contributed by atoms with Gasteiger partial charge in [0.15, 0.2) is 0 Å². The topological polar surface area (TPSA) is 96.9 Å². The van der Waals surface area contributed by atoms with Crippen LogP contribution < -0.4 is 0 Å². The van der Waals surface area contributed by atoms with Gasteiger partial charge in [-0.05, 0) is 18.2 Å². The molecule has 0 radical (unpaired) electrons. The van der Waals surface area contributed by atoms with Crippen molar-refractivity contribution >= 4 is 17.5 Å². The van der Waals surface area contributed by atoms with E-state index in [4.69, 9.17) is 4.42 Å². The van der Waals surface area contributed by atoms with Gasteiger partial charge in [0.25, 0.3) is 17.5 Å². The van der Waals surface area contributed by atoms with Crippen LogP contribution in [0.2, 0.25) is 0 Å². The molecule has 1 aliphatic rings. The standard InChI is InChI=1S/C16H15N3O5/c20-15(12-1-3-14(4-2-12)19(22)23)17-6-8-18(9-7-17)16(21)13-5-10-24-11-13/h1-5,10-11H,6-9H2. The summed E-state index contributed by atoms with van der Waals surface area (Å²) in [5, 5.41) is 10.6. The van der Waals surface area contributed by atoms with E-state index >= 15 is 0 Å². The molecule has 8 nitrogen and oxygen atoms in total. The molecule has 0 atom stereocenters. The summed E-state index contributed by atoms with van der Waals surface area (Å²) in [5.41, 5.74) is 0.836. The van der Waals surface area contributed by atoms with E-state index in [1.54, 1.807) is 15.9 Å². The predicted octanol–water partition coefficient (Wildman–Crippen LogP) is 1.79. The highest BCUT2D eigenvalue weighted by molar-refractivity contribution is 5.95. The molecule has 124 valence electrons. The van der Waals surface area contributed by atoms with Crippen LogP contribution in [0.1, 0.15) is 20.7 Å². The van der Waals surface area contributed by atoms with Gasteiger partial charge in [0.05, 0.1) is 16.7 Å². The summed E-state index contributed by atoms with van der Waals surface area (Å²) in [6.07, 6.45) is 2.85. The van der Waals surface area contributed by atoms with Crippen molar-refractivity contribution in [3.63, 3.8) is 0 Å². The molecule has 1 aromatic heterocycles. The molecule has 1 aromatic carbocycles. The summed E-state index contributed by atoms with van der Waals surface area (Å²) in [5.74, 6) is -0.313. The number of nitro groups is 1. The lowest BCUT2D eigenvalue weighted by Gasteiger charge is -2.34. The third-order valence-corrected chi connectivity index (χ3v) is 3.95. The minimum absolute atomic E-state index is 0.0536. The van der Waals surface area contributed by atoms with Crippen LogP contribution in [0.25, 0.3) is 0 Å². The van der Waals surface area contributed by atoms with Crippen molar-refractivity contribution in [1.82, 2.24) is 9.80 Å². The van der Waals surface area contributed by atoms with Crippen LogP contribution >= 0.6 is 0 Å². The van der Waals surface area contributed by atoms with Crippen LogP contribution in [0.4, 0.5) is 5.69 Å². The maximum Gasteiger partial charge on any atom is 0.269 e. The van der Waals surface area contributed by atoms with E-state index in [0.717, 1.165) is 0 Å². The highest BCUT2D eigenvalue weighted by Crippen LogP contribution is 2.15. The van der Waals surface area contributed by atoms with Crippen LogP contribution in [0.5, 0.6) is 0 Å². The second kappa shape index (κ2) is 6.53. The number of nitro benzene ring substituents is 1. The molecule has 1 saturated heterocycles. The van der Waals surface area contributed by atoms with Gasteiger partial charge in [0, 0.05) is 43.9 Å². The number of hydrogen-bond acceptors (Lipinski definition) is 5. The first kappa shape index (κ1) is 15.7. The number of amides is 2. The highest BCUT2D eigenvalue weighted by atomic mass is 16.6. The molecule has 2 amide bonds. The number of nitrogens with zero attached hydrogens (tertiary/aromatic N) is 3. The predicted molar refractivity (Wildman–Crippen MR) is 83.6 cm³/mol. The van der Waals surface area contributed by atoms with Gasteiger partial charge in [0.2, 0.25) is 0 Å². The summed E-state index contributed by atoms with van der Waals surface area (Å²) < 4.78 is 4.91. The summed E-state index contributed by atoms with van der Waals surface area (Å²) in [6.45, 7) is 1.70. The second-order valence-electron chi connectivity index (χ2n) is 5.40. The Morgan fingerprint density at radius 2 is 1.46 bits per heavy atom. The maximum atomic E-state index is 12.4. The smallest absolute Gasteiger partial charge is 0.269 e. The fourth-order valence-electron chi connectivity index (χ4n) is 2.59.